The first-order valence-electron chi connectivity index (χ1n) is 3.49. The lowest BCUT2D eigenvalue weighted by Gasteiger charge is -2.12. The lowest BCUT2D eigenvalue weighted by molar-refractivity contribution is 0.0685. The van der Waals surface area contributed by atoms with E-state index in [0.29, 0.717) is 0 Å². The highest BCUT2D eigenvalue weighted by Crippen LogP contribution is 2.23. The smallest absolute Gasteiger partial charge is 0.374 e. The zero-order valence-corrected chi connectivity index (χ0v) is 7.97. The molecule has 0 spiro atoms. The van der Waals surface area contributed by atoms with Crippen molar-refractivity contribution in [1.82, 2.24) is 9.36 Å². The van der Waals surface area contributed by atoms with E-state index in [1.54, 1.807) is 0 Å². The highest BCUT2D eigenvalue weighted by molar-refractivity contribution is 7.05. The Bertz CT molecular complexity index is 301. The van der Waals surface area contributed by atoms with Crippen LogP contribution in [0.15, 0.2) is 0 Å². The summed E-state index contributed by atoms with van der Waals surface area (Å²) in [5.74, 6) is -1.17. The van der Waals surface area contributed by atoms with Gasteiger partial charge in [-0.2, -0.15) is 4.37 Å². The molecule has 0 radical (unpaired) electrons. The third kappa shape index (κ3) is 1.79. The summed E-state index contributed by atoms with van der Waals surface area (Å²) in [6.45, 7) is 5.91. The van der Waals surface area contributed by atoms with Gasteiger partial charge >= 0.3 is 5.97 Å². The second kappa shape index (κ2) is 2.82. The van der Waals surface area contributed by atoms with Gasteiger partial charge in [-0.1, -0.05) is 20.8 Å². The topological polar surface area (TPSA) is 63.1 Å². The van der Waals surface area contributed by atoms with Crippen molar-refractivity contribution in [3.63, 3.8) is 0 Å². The number of carboxylic acids is 1. The number of carbonyl (C=O) groups is 1. The van der Waals surface area contributed by atoms with Crippen LogP contribution < -0.4 is 0 Å². The molecule has 12 heavy (non-hydrogen) atoms. The van der Waals surface area contributed by atoms with Crippen molar-refractivity contribution < 1.29 is 9.90 Å². The van der Waals surface area contributed by atoms with Gasteiger partial charge < -0.3 is 5.11 Å². The monoisotopic (exact) mass is 186 g/mol. The number of hydrogen-bond acceptors (Lipinski definition) is 4. The molecule has 4 nitrogen and oxygen atoms in total. The van der Waals surface area contributed by atoms with Crippen LogP contribution in [0.4, 0.5) is 0 Å². The van der Waals surface area contributed by atoms with Gasteiger partial charge in [0, 0.05) is 5.41 Å². The van der Waals surface area contributed by atoms with E-state index in [1.807, 2.05) is 20.8 Å². The number of nitrogens with zero attached hydrogens (tertiary/aromatic N) is 2. The summed E-state index contributed by atoms with van der Waals surface area (Å²) >= 11 is 1.14. The Hall–Kier alpha value is -0.970. The van der Waals surface area contributed by atoms with Crippen molar-refractivity contribution in [2.24, 2.45) is 0 Å². The molecule has 1 aromatic heterocycles. The molecule has 0 amide bonds. The third-order valence-electron chi connectivity index (χ3n) is 1.26. The van der Waals surface area contributed by atoms with Crippen LogP contribution in [0.2, 0.25) is 0 Å². The highest BCUT2D eigenvalue weighted by atomic mass is 32.1. The first kappa shape index (κ1) is 9.12. The zero-order valence-electron chi connectivity index (χ0n) is 7.16. The maximum absolute atomic E-state index is 10.4. The van der Waals surface area contributed by atoms with Crippen LogP contribution in [-0.4, -0.2) is 20.4 Å². The van der Waals surface area contributed by atoms with E-state index in [2.05, 4.69) is 9.36 Å². The van der Waals surface area contributed by atoms with Gasteiger partial charge in [-0.3, -0.25) is 0 Å². The van der Waals surface area contributed by atoms with E-state index in [-0.39, 0.29) is 11.2 Å². The number of hydrogen-bond donors (Lipinski definition) is 1. The van der Waals surface area contributed by atoms with Gasteiger partial charge in [0.15, 0.2) is 0 Å². The van der Waals surface area contributed by atoms with Crippen molar-refractivity contribution in [1.29, 1.82) is 0 Å². The van der Waals surface area contributed by atoms with Crippen molar-refractivity contribution in [3.8, 4) is 0 Å². The second-order valence-electron chi connectivity index (χ2n) is 3.48. The average Bonchev–Trinajstić information content (AvgIpc) is 2.30. The standard InChI is InChI=1S/C7H10N2O2S/c1-7(2,3)6-8-4(5(10)11)9-12-6/h1-3H3,(H,10,11). The minimum absolute atomic E-state index is 0.107. The van der Waals surface area contributed by atoms with E-state index in [4.69, 9.17) is 5.11 Å². The molecule has 0 saturated heterocycles. The molecule has 1 rings (SSSR count). The lowest BCUT2D eigenvalue weighted by atomic mass is 9.98. The molecule has 0 atom stereocenters. The molecule has 1 N–H and O–H groups in total. The summed E-state index contributed by atoms with van der Waals surface area (Å²) in [6, 6.07) is 0. The van der Waals surface area contributed by atoms with Crippen LogP contribution in [0.25, 0.3) is 0 Å². The van der Waals surface area contributed by atoms with Gasteiger partial charge in [-0.15, -0.1) is 0 Å². The summed E-state index contributed by atoms with van der Waals surface area (Å²) < 4.78 is 3.71. The quantitative estimate of drug-likeness (QED) is 0.722. The maximum atomic E-state index is 10.4. The van der Waals surface area contributed by atoms with E-state index in [9.17, 15) is 4.79 Å². The second-order valence-corrected chi connectivity index (χ2v) is 4.23. The van der Waals surface area contributed by atoms with Crippen LogP contribution >= 0.6 is 11.5 Å². The van der Waals surface area contributed by atoms with Crippen LogP contribution in [-0.2, 0) is 5.41 Å². The third-order valence-corrected chi connectivity index (χ3v) is 2.40. The molecule has 0 saturated carbocycles. The first-order chi connectivity index (χ1) is 5.41. The number of aromatic nitrogens is 2. The molecule has 0 aliphatic rings. The average molecular weight is 186 g/mol. The van der Waals surface area contributed by atoms with Crippen LogP contribution in [0.3, 0.4) is 0 Å². The van der Waals surface area contributed by atoms with Gasteiger partial charge in [-0.05, 0) is 11.5 Å². The van der Waals surface area contributed by atoms with Gasteiger partial charge in [0.1, 0.15) is 5.01 Å². The fourth-order valence-corrected chi connectivity index (χ4v) is 1.31. The Morgan fingerprint density at radius 2 is 2.08 bits per heavy atom. The molecule has 0 unspecified atom stereocenters. The Morgan fingerprint density at radius 3 is 2.33 bits per heavy atom. The largest absolute Gasteiger partial charge is 0.475 e. The minimum atomic E-state index is -1.07. The van der Waals surface area contributed by atoms with E-state index in [1.165, 1.54) is 0 Å². The van der Waals surface area contributed by atoms with Crippen molar-refractivity contribution in [2.75, 3.05) is 0 Å². The van der Waals surface area contributed by atoms with Crippen LogP contribution in [0.5, 0.6) is 0 Å². The summed E-state index contributed by atoms with van der Waals surface area (Å²) in [4.78, 5) is 14.3. The van der Waals surface area contributed by atoms with E-state index in [0.717, 1.165) is 16.5 Å². The molecule has 0 fully saturated rings. The van der Waals surface area contributed by atoms with Gasteiger partial charge in [0.2, 0.25) is 0 Å². The Morgan fingerprint density at radius 1 is 1.50 bits per heavy atom. The molecule has 1 heterocycles. The molecule has 5 heteroatoms. The number of carboxylic acid groups (broad SMARTS) is 1. The van der Waals surface area contributed by atoms with Crippen molar-refractivity contribution >= 4 is 17.5 Å². The Balaban J connectivity index is 3.00. The van der Waals surface area contributed by atoms with Gasteiger partial charge in [0.05, 0.1) is 0 Å². The van der Waals surface area contributed by atoms with E-state index < -0.39 is 5.97 Å². The molecule has 0 aliphatic carbocycles. The summed E-state index contributed by atoms with van der Waals surface area (Å²) in [5, 5.41) is 9.30. The molecular weight excluding hydrogens is 176 g/mol. The predicted octanol–water partition coefficient (Wildman–Crippen LogP) is 1.53. The van der Waals surface area contributed by atoms with Crippen LogP contribution in [0.1, 0.15) is 36.4 Å². The first-order valence-corrected chi connectivity index (χ1v) is 4.26. The number of rotatable bonds is 1. The van der Waals surface area contributed by atoms with Crippen molar-refractivity contribution in [3.05, 3.63) is 10.8 Å². The lowest BCUT2D eigenvalue weighted by Crippen LogP contribution is -2.11. The minimum Gasteiger partial charge on any atom is -0.475 e. The normalized spacial score (nSPS) is 11.6. The van der Waals surface area contributed by atoms with Crippen LogP contribution in [0, 0.1) is 0 Å². The molecular formula is C7H10N2O2S. The predicted molar refractivity (Wildman–Crippen MR) is 45.6 cm³/mol. The van der Waals surface area contributed by atoms with Gasteiger partial charge in [-0.25, -0.2) is 9.78 Å². The Labute approximate surface area is 74.4 Å². The SMILES string of the molecule is CC(C)(C)c1nc(C(=O)O)ns1. The summed E-state index contributed by atoms with van der Waals surface area (Å²) in [6.07, 6.45) is 0. The Kier molecular flexibility index (Phi) is 2.14. The summed E-state index contributed by atoms with van der Waals surface area (Å²) in [5.41, 5.74) is -0.120. The molecule has 1 aromatic rings. The fourth-order valence-electron chi connectivity index (χ4n) is 0.615. The highest BCUT2D eigenvalue weighted by Gasteiger charge is 2.21. The molecule has 0 bridgehead atoms. The maximum Gasteiger partial charge on any atom is 0.374 e. The van der Waals surface area contributed by atoms with E-state index >= 15 is 0 Å². The molecule has 0 aliphatic heterocycles. The molecule has 0 aromatic carbocycles. The fraction of sp³-hybridized carbons (Fsp3) is 0.571. The zero-order chi connectivity index (χ0) is 9.35. The molecule has 66 valence electrons. The number of aromatic carboxylic acids is 1. The van der Waals surface area contributed by atoms with Gasteiger partial charge in [0.25, 0.3) is 5.82 Å². The summed E-state index contributed by atoms with van der Waals surface area (Å²) in [7, 11) is 0. The van der Waals surface area contributed by atoms with Crippen molar-refractivity contribution in [2.45, 2.75) is 26.2 Å².